The molecule has 4 nitrogen and oxygen atoms in total. The van der Waals surface area contributed by atoms with E-state index in [0.717, 1.165) is 38.1 Å². The van der Waals surface area contributed by atoms with Crippen molar-refractivity contribution in [3.05, 3.63) is 12.0 Å². The van der Waals surface area contributed by atoms with Gasteiger partial charge < -0.3 is 14.1 Å². The van der Waals surface area contributed by atoms with Gasteiger partial charge in [-0.2, -0.15) is 0 Å². The van der Waals surface area contributed by atoms with Crippen molar-refractivity contribution in [2.75, 3.05) is 31.2 Å². The van der Waals surface area contributed by atoms with Gasteiger partial charge in [0.2, 0.25) is 0 Å². The molecule has 1 aromatic rings. The Balaban J connectivity index is 1.74. The van der Waals surface area contributed by atoms with E-state index >= 15 is 0 Å². The molecule has 1 aromatic heterocycles. The summed E-state index contributed by atoms with van der Waals surface area (Å²) in [4.78, 5) is 6.45. The molecule has 1 aliphatic carbocycles. The van der Waals surface area contributed by atoms with Crippen LogP contribution in [0.4, 0.5) is 6.01 Å². The molecule has 3 rings (SSSR count). The van der Waals surface area contributed by atoms with E-state index in [1.54, 1.807) is 0 Å². The third-order valence-electron chi connectivity index (χ3n) is 2.77. The molecule has 1 saturated carbocycles. The first-order valence-electron chi connectivity index (χ1n) is 5.22. The van der Waals surface area contributed by atoms with Crippen LogP contribution in [0.25, 0.3) is 0 Å². The first kappa shape index (κ1) is 8.29. The number of hydrogen-bond acceptors (Lipinski definition) is 4. The topological polar surface area (TPSA) is 38.5 Å². The minimum absolute atomic E-state index is 0.650. The second-order valence-corrected chi connectivity index (χ2v) is 3.92. The van der Waals surface area contributed by atoms with Crippen molar-refractivity contribution in [1.82, 2.24) is 4.98 Å². The van der Waals surface area contributed by atoms with Crippen LogP contribution in [0.5, 0.6) is 0 Å². The van der Waals surface area contributed by atoms with Gasteiger partial charge in [-0.15, -0.1) is 0 Å². The van der Waals surface area contributed by atoms with Gasteiger partial charge in [-0.25, -0.2) is 4.98 Å². The highest BCUT2D eigenvalue weighted by Crippen LogP contribution is 2.41. The zero-order valence-corrected chi connectivity index (χ0v) is 8.11. The maximum atomic E-state index is 5.71. The molecule has 1 aliphatic heterocycles. The fourth-order valence-electron chi connectivity index (χ4n) is 1.73. The third kappa shape index (κ3) is 1.50. The quantitative estimate of drug-likeness (QED) is 0.713. The van der Waals surface area contributed by atoms with Crippen LogP contribution < -0.4 is 4.90 Å². The molecule has 0 bridgehead atoms. The third-order valence-corrected chi connectivity index (χ3v) is 2.77. The maximum absolute atomic E-state index is 5.71. The van der Waals surface area contributed by atoms with Crippen LogP contribution in [0.1, 0.15) is 24.5 Å². The van der Waals surface area contributed by atoms with Crippen LogP contribution in [0.2, 0.25) is 0 Å². The van der Waals surface area contributed by atoms with E-state index in [4.69, 9.17) is 9.15 Å². The van der Waals surface area contributed by atoms with Crippen LogP contribution in [0.3, 0.4) is 0 Å². The molecule has 14 heavy (non-hydrogen) atoms. The molecular formula is C10H14N2O2. The van der Waals surface area contributed by atoms with Crippen LogP contribution in [0.15, 0.2) is 10.6 Å². The second kappa shape index (κ2) is 3.28. The number of nitrogens with zero attached hydrogens (tertiary/aromatic N) is 2. The molecule has 2 fully saturated rings. The monoisotopic (exact) mass is 194 g/mol. The van der Waals surface area contributed by atoms with Crippen molar-refractivity contribution >= 4 is 6.01 Å². The van der Waals surface area contributed by atoms with Gasteiger partial charge in [0.25, 0.3) is 6.01 Å². The number of morpholine rings is 1. The summed E-state index contributed by atoms with van der Waals surface area (Å²) in [5.74, 6) is 1.71. The lowest BCUT2D eigenvalue weighted by atomic mass is 10.3. The standard InChI is InChI=1S/C10H14N2O2/c1-2-8(1)9-7-11-10(14-9)12-3-5-13-6-4-12/h7-8H,1-6H2. The summed E-state index contributed by atoms with van der Waals surface area (Å²) in [5.41, 5.74) is 0. The molecule has 0 N–H and O–H groups in total. The number of anilines is 1. The summed E-state index contributed by atoms with van der Waals surface area (Å²) in [6.07, 6.45) is 4.40. The number of hydrogen-bond donors (Lipinski definition) is 0. The molecule has 0 unspecified atom stereocenters. The lowest BCUT2D eigenvalue weighted by molar-refractivity contribution is 0.120. The molecule has 1 saturated heterocycles. The maximum Gasteiger partial charge on any atom is 0.297 e. The summed E-state index contributed by atoms with van der Waals surface area (Å²) >= 11 is 0. The van der Waals surface area contributed by atoms with Crippen molar-refractivity contribution in [3.63, 3.8) is 0 Å². The van der Waals surface area contributed by atoms with E-state index in [0.29, 0.717) is 5.92 Å². The number of ether oxygens (including phenoxy) is 1. The zero-order chi connectivity index (χ0) is 9.38. The minimum atomic E-state index is 0.650. The van der Waals surface area contributed by atoms with E-state index in [-0.39, 0.29) is 0 Å². The Morgan fingerprint density at radius 3 is 2.79 bits per heavy atom. The number of rotatable bonds is 2. The predicted octanol–water partition coefficient (Wildman–Crippen LogP) is 1.39. The van der Waals surface area contributed by atoms with Gasteiger partial charge in [-0.3, -0.25) is 0 Å². The fourth-order valence-corrected chi connectivity index (χ4v) is 1.73. The van der Waals surface area contributed by atoms with Gasteiger partial charge in [-0.05, 0) is 12.8 Å². The van der Waals surface area contributed by atoms with Crippen molar-refractivity contribution < 1.29 is 9.15 Å². The number of oxazole rings is 1. The molecule has 0 atom stereocenters. The van der Waals surface area contributed by atoms with Crippen molar-refractivity contribution in [2.45, 2.75) is 18.8 Å². The van der Waals surface area contributed by atoms with Gasteiger partial charge in [-0.1, -0.05) is 0 Å². The molecule has 0 amide bonds. The summed E-state index contributed by atoms with van der Waals surface area (Å²) < 4.78 is 11.0. The van der Waals surface area contributed by atoms with Crippen molar-refractivity contribution in [2.24, 2.45) is 0 Å². The van der Waals surface area contributed by atoms with E-state index < -0.39 is 0 Å². The summed E-state index contributed by atoms with van der Waals surface area (Å²) in [7, 11) is 0. The van der Waals surface area contributed by atoms with Gasteiger partial charge in [0.15, 0.2) is 0 Å². The molecule has 2 heterocycles. The molecule has 0 radical (unpaired) electrons. The van der Waals surface area contributed by atoms with E-state index in [1.165, 1.54) is 12.8 Å². The molecule has 4 heteroatoms. The lowest BCUT2D eigenvalue weighted by Crippen LogP contribution is -2.36. The van der Waals surface area contributed by atoms with E-state index in [2.05, 4.69) is 9.88 Å². The first-order chi connectivity index (χ1) is 6.93. The summed E-state index contributed by atoms with van der Waals surface area (Å²) in [6.45, 7) is 3.34. The Hall–Kier alpha value is -1.03. The summed E-state index contributed by atoms with van der Waals surface area (Å²) in [5, 5.41) is 0. The Morgan fingerprint density at radius 1 is 1.29 bits per heavy atom. The zero-order valence-electron chi connectivity index (χ0n) is 8.11. The Labute approximate surface area is 82.9 Å². The first-order valence-corrected chi connectivity index (χ1v) is 5.22. The smallest absolute Gasteiger partial charge is 0.297 e. The van der Waals surface area contributed by atoms with Crippen molar-refractivity contribution in [1.29, 1.82) is 0 Å². The average Bonchev–Trinajstić information content (AvgIpc) is 2.98. The van der Waals surface area contributed by atoms with Crippen LogP contribution in [0, 0.1) is 0 Å². The largest absolute Gasteiger partial charge is 0.428 e. The highest BCUT2D eigenvalue weighted by atomic mass is 16.5. The predicted molar refractivity (Wildman–Crippen MR) is 51.5 cm³/mol. The molecule has 2 aliphatic rings. The van der Waals surface area contributed by atoms with Gasteiger partial charge >= 0.3 is 0 Å². The lowest BCUT2D eigenvalue weighted by Gasteiger charge is -2.24. The van der Waals surface area contributed by atoms with Gasteiger partial charge in [0.1, 0.15) is 5.76 Å². The van der Waals surface area contributed by atoms with Gasteiger partial charge in [0, 0.05) is 19.0 Å². The molecule has 0 spiro atoms. The average molecular weight is 194 g/mol. The summed E-state index contributed by atoms with van der Waals surface area (Å²) in [6, 6.07) is 0.773. The molecule has 76 valence electrons. The van der Waals surface area contributed by atoms with Crippen molar-refractivity contribution in [3.8, 4) is 0 Å². The molecule has 0 aromatic carbocycles. The minimum Gasteiger partial charge on any atom is -0.428 e. The number of aromatic nitrogens is 1. The highest BCUT2D eigenvalue weighted by molar-refractivity contribution is 5.28. The highest BCUT2D eigenvalue weighted by Gasteiger charge is 2.28. The van der Waals surface area contributed by atoms with Crippen LogP contribution in [-0.4, -0.2) is 31.3 Å². The van der Waals surface area contributed by atoms with E-state index in [9.17, 15) is 0 Å². The Bertz CT molecular complexity index is 314. The van der Waals surface area contributed by atoms with Crippen LogP contribution >= 0.6 is 0 Å². The Morgan fingerprint density at radius 2 is 2.07 bits per heavy atom. The normalized spacial score (nSPS) is 22.7. The fraction of sp³-hybridized carbons (Fsp3) is 0.700. The SMILES string of the molecule is c1nc(N2CCOCC2)oc1C1CC1. The second-order valence-electron chi connectivity index (χ2n) is 3.92. The Kier molecular flexibility index (Phi) is 1.94. The van der Waals surface area contributed by atoms with Gasteiger partial charge in [0.05, 0.1) is 19.4 Å². The molecular weight excluding hydrogens is 180 g/mol. The van der Waals surface area contributed by atoms with Crippen LogP contribution in [-0.2, 0) is 4.74 Å². The van der Waals surface area contributed by atoms with E-state index in [1.807, 2.05) is 6.20 Å².